The number of benzene rings is 3. The van der Waals surface area contributed by atoms with Gasteiger partial charge in [-0.25, -0.2) is 4.98 Å². The number of hydrogen-bond acceptors (Lipinski definition) is 5. The molecule has 6 nitrogen and oxygen atoms in total. The van der Waals surface area contributed by atoms with Gasteiger partial charge in [-0.2, -0.15) is 0 Å². The lowest BCUT2D eigenvalue weighted by Gasteiger charge is -2.25. The molecular weight excluding hydrogens is 440 g/mol. The van der Waals surface area contributed by atoms with E-state index in [0.717, 1.165) is 16.7 Å². The van der Waals surface area contributed by atoms with Gasteiger partial charge in [-0.15, -0.1) is 0 Å². The monoisotopic (exact) mass is 470 g/mol. The second-order valence-corrected chi connectivity index (χ2v) is 8.60. The number of nitrogens with zero attached hydrogens (tertiary/aromatic N) is 2. The van der Waals surface area contributed by atoms with Crippen molar-refractivity contribution in [2.24, 2.45) is 0 Å². The van der Waals surface area contributed by atoms with Crippen molar-refractivity contribution in [3.63, 3.8) is 0 Å². The molecule has 6 heteroatoms. The van der Waals surface area contributed by atoms with Gasteiger partial charge in [0.15, 0.2) is 6.23 Å². The molecule has 3 aromatic carbocycles. The Balaban J connectivity index is 1.33. The lowest BCUT2D eigenvalue weighted by atomic mass is 10.1. The summed E-state index contributed by atoms with van der Waals surface area (Å²) in [6.45, 7) is 1.83. The van der Waals surface area contributed by atoms with E-state index in [1.165, 1.54) is 0 Å². The van der Waals surface area contributed by atoms with E-state index in [9.17, 15) is 0 Å². The van der Waals surface area contributed by atoms with Crippen LogP contribution in [0.4, 0.5) is 0 Å². The third-order valence-electron chi connectivity index (χ3n) is 6.07. The molecule has 35 heavy (non-hydrogen) atoms. The molecule has 0 aliphatic carbocycles. The molecule has 0 saturated carbocycles. The summed E-state index contributed by atoms with van der Waals surface area (Å²) < 4.78 is 27.4. The van der Waals surface area contributed by atoms with Crippen LogP contribution in [0.3, 0.4) is 0 Å². The molecule has 1 aromatic heterocycles. The van der Waals surface area contributed by atoms with Crippen molar-refractivity contribution in [1.29, 1.82) is 0 Å². The van der Waals surface area contributed by atoms with E-state index in [1.54, 1.807) is 12.5 Å². The molecular formula is C29H30N2O4. The summed E-state index contributed by atoms with van der Waals surface area (Å²) in [5.74, 6) is 0. The first-order valence-corrected chi connectivity index (χ1v) is 11.9. The minimum absolute atomic E-state index is 0.296. The summed E-state index contributed by atoms with van der Waals surface area (Å²) in [7, 11) is 0. The fourth-order valence-corrected chi connectivity index (χ4v) is 4.28. The molecule has 1 saturated heterocycles. The molecule has 180 valence electrons. The van der Waals surface area contributed by atoms with Gasteiger partial charge in [-0.1, -0.05) is 91.0 Å². The quantitative estimate of drug-likeness (QED) is 0.303. The maximum absolute atomic E-state index is 6.49. The van der Waals surface area contributed by atoms with Gasteiger partial charge in [0.1, 0.15) is 18.3 Å². The van der Waals surface area contributed by atoms with Crippen molar-refractivity contribution < 1.29 is 18.9 Å². The van der Waals surface area contributed by atoms with Crippen LogP contribution in [0.5, 0.6) is 0 Å². The fraction of sp³-hybridized carbons (Fsp3) is 0.276. The maximum Gasteiger partial charge on any atom is 0.164 e. The Labute approximate surface area is 206 Å². The molecule has 0 radical (unpaired) electrons. The molecule has 0 amide bonds. The molecule has 4 atom stereocenters. The van der Waals surface area contributed by atoms with Crippen LogP contribution < -0.4 is 0 Å². The molecule has 0 spiro atoms. The number of rotatable bonds is 11. The highest BCUT2D eigenvalue weighted by atomic mass is 16.6. The highest BCUT2D eigenvalue weighted by molar-refractivity contribution is 5.15. The van der Waals surface area contributed by atoms with E-state index in [-0.39, 0.29) is 24.5 Å². The predicted octanol–water partition coefficient (Wildman–Crippen LogP) is 5.17. The molecule has 0 bridgehead atoms. The number of ether oxygens (including phenoxy) is 4. The average Bonchev–Trinajstić information content (AvgIpc) is 3.56. The van der Waals surface area contributed by atoms with Crippen LogP contribution in [0.25, 0.3) is 0 Å². The van der Waals surface area contributed by atoms with Crippen molar-refractivity contribution >= 4 is 0 Å². The highest BCUT2D eigenvalue weighted by Crippen LogP contribution is 2.35. The summed E-state index contributed by atoms with van der Waals surface area (Å²) in [5.41, 5.74) is 3.32. The van der Waals surface area contributed by atoms with Gasteiger partial charge in [0.05, 0.1) is 32.8 Å². The second-order valence-electron chi connectivity index (χ2n) is 8.60. The van der Waals surface area contributed by atoms with Gasteiger partial charge in [-0.3, -0.25) is 0 Å². The Morgan fingerprint density at radius 2 is 1.23 bits per heavy atom. The van der Waals surface area contributed by atoms with E-state index >= 15 is 0 Å². The normalized spacial score (nSPS) is 21.8. The summed E-state index contributed by atoms with van der Waals surface area (Å²) in [5, 5.41) is 0. The third-order valence-corrected chi connectivity index (χ3v) is 6.07. The molecule has 0 N–H and O–H groups in total. The van der Waals surface area contributed by atoms with Gasteiger partial charge in [0.25, 0.3) is 0 Å². The summed E-state index contributed by atoms with van der Waals surface area (Å²) in [6.07, 6.45) is 4.08. The zero-order valence-corrected chi connectivity index (χ0v) is 19.6. The standard InChI is InChI=1S/C29H30N2O4/c1-4-10-23(11-5-1)18-32-21-26-27(33-19-24-12-6-2-7-13-24)28(29(35-26)31-17-16-30-22-31)34-20-25-14-8-3-9-15-25/h1-17,22,26-29H,18-21H2/t26-,27-,28-,29+/m1/s1. The number of imidazole rings is 1. The highest BCUT2D eigenvalue weighted by Gasteiger charge is 2.47. The van der Waals surface area contributed by atoms with E-state index in [1.807, 2.05) is 65.4 Å². The second kappa shape index (κ2) is 11.9. The summed E-state index contributed by atoms with van der Waals surface area (Å²) >= 11 is 0. The van der Waals surface area contributed by atoms with Gasteiger partial charge in [0, 0.05) is 12.4 Å². The Kier molecular flexibility index (Phi) is 7.98. The van der Waals surface area contributed by atoms with Crippen molar-refractivity contribution in [2.75, 3.05) is 6.61 Å². The van der Waals surface area contributed by atoms with Crippen molar-refractivity contribution in [2.45, 2.75) is 44.4 Å². The topological polar surface area (TPSA) is 54.7 Å². The Morgan fingerprint density at radius 3 is 1.77 bits per heavy atom. The first-order chi connectivity index (χ1) is 17.4. The summed E-state index contributed by atoms with van der Waals surface area (Å²) in [4.78, 5) is 4.22. The van der Waals surface area contributed by atoms with E-state index in [2.05, 4.69) is 41.4 Å². The molecule has 5 rings (SSSR count). The van der Waals surface area contributed by atoms with Gasteiger partial charge in [0.2, 0.25) is 0 Å². The van der Waals surface area contributed by atoms with Crippen LogP contribution in [0, 0.1) is 0 Å². The molecule has 1 aliphatic heterocycles. The molecule has 4 aromatic rings. The maximum atomic E-state index is 6.49. The first-order valence-electron chi connectivity index (χ1n) is 11.9. The van der Waals surface area contributed by atoms with Gasteiger partial charge >= 0.3 is 0 Å². The molecule has 1 aliphatic rings. The van der Waals surface area contributed by atoms with Gasteiger partial charge in [-0.05, 0) is 16.7 Å². The Bertz CT molecular complexity index is 1120. The smallest absolute Gasteiger partial charge is 0.164 e. The van der Waals surface area contributed by atoms with Crippen molar-refractivity contribution in [3.8, 4) is 0 Å². The average molecular weight is 471 g/mol. The van der Waals surface area contributed by atoms with Crippen LogP contribution in [0.1, 0.15) is 22.9 Å². The summed E-state index contributed by atoms with van der Waals surface area (Å²) in [6, 6.07) is 30.4. The van der Waals surface area contributed by atoms with Crippen LogP contribution >= 0.6 is 0 Å². The van der Waals surface area contributed by atoms with E-state index in [0.29, 0.717) is 26.4 Å². The molecule has 0 unspecified atom stereocenters. The fourth-order valence-electron chi connectivity index (χ4n) is 4.28. The Morgan fingerprint density at radius 1 is 0.686 bits per heavy atom. The number of aromatic nitrogens is 2. The zero-order valence-electron chi connectivity index (χ0n) is 19.6. The van der Waals surface area contributed by atoms with Crippen LogP contribution in [-0.4, -0.2) is 34.5 Å². The van der Waals surface area contributed by atoms with Crippen LogP contribution in [-0.2, 0) is 38.8 Å². The van der Waals surface area contributed by atoms with Crippen molar-refractivity contribution in [1.82, 2.24) is 9.55 Å². The first kappa shape index (κ1) is 23.5. The van der Waals surface area contributed by atoms with Crippen molar-refractivity contribution in [3.05, 3.63) is 126 Å². The SMILES string of the molecule is c1ccc(COC[C@H]2O[C@H](n3ccnc3)[C@H](OCc3ccccc3)[C@@H]2OCc2ccccc2)cc1. The Hall–Kier alpha value is -3.29. The molecule has 2 heterocycles. The van der Waals surface area contributed by atoms with E-state index < -0.39 is 0 Å². The molecule has 1 fully saturated rings. The lowest BCUT2D eigenvalue weighted by molar-refractivity contribution is -0.0916. The lowest BCUT2D eigenvalue weighted by Crippen LogP contribution is -2.38. The predicted molar refractivity (Wildman–Crippen MR) is 132 cm³/mol. The third kappa shape index (κ3) is 6.24. The van der Waals surface area contributed by atoms with Crippen LogP contribution in [0.15, 0.2) is 110 Å². The zero-order chi connectivity index (χ0) is 23.7. The minimum atomic E-state index is -0.368. The largest absolute Gasteiger partial charge is 0.374 e. The minimum Gasteiger partial charge on any atom is -0.374 e. The van der Waals surface area contributed by atoms with Gasteiger partial charge < -0.3 is 23.5 Å². The van der Waals surface area contributed by atoms with E-state index in [4.69, 9.17) is 18.9 Å². The number of hydrogen-bond donors (Lipinski definition) is 0. The van der Waals surface area contributed by atoms with Crippen LogP contribution in [0.2, 0.25) is 0 Å².